The highest BCUT2D eigenvalue weighted by molar-refractivity contribution is 5.95. The highest BCUT2D eigenvalue weighted by Gasteiger charge is 2.24. The summed E-state index contributed by atoms with van der Waals surface area (Å²) < 4.78 is 0. The third kappa shape index (κ3) is 2.83. The number of rotatable bonds is 2. The van der Waals surface area contributed by atoms with E-state index < -0.39 is 0 Å². The number of hydrogen-bond donors (Lipinski definition) is 2. The Morgan fingerprint density at radius 1 is 1.00 bits per heavy atom. The number of amides is 1. The molecule has 1 saturated carbocycles. The maximum atomic E-state index is 12.3. The second kappa shape index (κ2) is 5.63. The van der Waals surface area contributed by atoms with Crippen molar-refractivity contribution in [2.45, 2.75) is 31.7 Å². The molecule has 20 heavy (non-hydrogen) atoms. The van der Waals surface area contributed by atoms with Crippen LogP contribution in [0, 0.1) is 5.92 Å². The fourth-order valence-electron chi connectivity index (χ4n) is 2.89. The number of nitrogens with one attached hydrogen (secondary N) is 1. The lowest BCUT2D eigenvalue weighted by Gasteiger charge is -2.25. The van der Waals surface area contributed by atoms with Crippen LogP contribution in [-0.4, -0.2) is 11.9 Å². The van der Waals surface area contributed by atoms with Crippen molar-refractivity contribution in [3.63, 3.8) is 0 Å². The Kier molecular flexibility index (Phi) is 3.70. The van der Waals surface area contributed by atoms with E-state index in [1.54, 1.807) is 0 Å². The molecule has 3 heteroatoms. The fourth-order valence-corrected chi connectivity index (χ4v) is 2.89. The van der Waals surface area contributed by atoms with Crippen LogP contribution in [0.1, 0.15) is 25.7 Å². The lowest BCUT2D eigenvalue weighted by atomic mass is 9.86. The summed E-state index contributed by atoms with van der Waals surface area (Å²) in [6, 6.07) is 14.5. The van der Waals surface area contributed by atoms with Gasteiger partial charge in [0, 0.05) is 17.6 Å². The molecule has 1 aliphatic carbocycles. The Labute approximate surface area is 119 Å². The van der Waals surface area contributed by atoms with E-state index in [0.717, 1.165) is 36.8 Å². The van der Waals surface area contributed by atoms with Gasteiger partial charge < -0.3 is 11.1 Å². The average molecular weight is 268 g/mol. The van der Waals surface area contributed by atoms with Gasteiger partial charge in [-0.1, -0.05) is 30.3 Å². The van der Waals surface area contributed by atoms with Crippen LogP contribution in [-0.2, 0) is 4.79 Å². The zero-order chi connectivity index (χ0) is 13.9. The number of carbonyl (C=O) groups is 1. The van der Waals surface area contributed by atoms with Crippen molar-refractivity contribution in [1.29, 1.82) is 0 Å². The summed E-state index contributed by atoms with van der Waals surface area (Å²) in [7, 11) is 0. The highest BCUT2D eigenvalue weighted by Crippen LogP contribution is 2.25. The predicted octanol–water partition coefficient (Wildman–Crippen LogP) is 3.30. The van der Waals surface area contributed by atoms with Gasteiger partial charge in [-0.2, -0.15) is 0 Å². The SMILES string of the molecule is NC1CCC(C(=O)Nc2ccc3ccccc3c2)CC1. The smallest absolute Gasteiger partial charge is 0.227 e. The highest BCUT2D eigenvalue weighted by atomic mass is 16.1. The molecule has 0 unspecified atom stereocenters. The van der Waals surface area contributed by atoms with E-state index >= 15 is 0 Å². The number of benzene rings is 2. The molecule has 3 nitrogen and oxygen atoms in total. The van der Waals surface area contributed by atoms with E-state index in [1.165, 1.54) is 5.39 Å². The van der Waals surface area contributed by atoms with E-state index in [2.05, 4.69) is 17.4 Å². The van der Waals surface area contributed by atoms with Crippen molar-refractivity contribution in [3.8, 4) is 0 Å². The Morgan fingerprint density at radius 2 is 1.70 bits per heavy atom. The molecule has 0 saturated heterocycles. The molecule has 2 aromatic rings. The molecule has 1 fully saturated rings. The largest absolute Gasteiger partial charge is 0.328 e. The van der Waals surface area contributed by atoms with Gasteiger partial charge in [0.2, 0.25) is 5.91 Å². The van der Waals surface area contributed by atoms with E-state index in [-0.39, 0.29) is 17.9 Å². The number of nitrogens with two attached hydrogens (primary N) is 1. The molecular weight excluding hydrogens is 248 g/mol. The lowest BCUT2D eigenvalue weighted by Crippen LogP contribution is -2.32. The van der Waals surface area contributed by atoms with Gasteiger partial charge in [0.1, 0.15) is 0 Å². The van der Waals surface area contributed by atoms with Crippen LogP contribution in [0.15, 0.2) is 42.5 Å². The maximum absolute atomic E-state index is 12.3. The molecule has 2 aromatic carbocycles. The normalized spacial score (nSPS) is 22.6. The molecule has 104 valence electrons. The van der Waals surface area contributed by atoms with Gasteiger partial charge in [-0.15, -0.1) is 0 Å². The molecule has 1 aliphatic rings. The van der Waals surface area contributed by atoms with Crippen molar-refractivity contribution in [3.05, 3.63) is 42.5 Å². The monoisotopic (exact) mass is 268 g/mol. The van der Waals surface area contributed by atoms with Gasteiger partial charge in [-0.3, -0.25) is 4.79 Å². The molecule has 0 atom stereocenters. The van der Waals surface area contributed by atoms with Gasteiger partial charge in [-0.05, 0) is 48.6 Å². The van der Waals surface area contributed by atoms with Crippen LogP contribution in [0.3, 0.4) is 0 Å². The quantitative estimate of drug-likeness (QED) is 0.878. The number of hydrogen-bond acceptors (Lipinski definition) is 2. The summed E-state index contributed by atoms with van der Waals surface area (Å²) in [5.74, 6) is 0.244. The van der Waals surface area contributed by atoms with Crippen molar-refractivity contribution in [2.75, 3.05) is 5.32 Å². The van der Waals surface area contributed by atoms with E-state index in [4.69, 9.17) is 5.73 Å². The summed E-state index contributed by atoms with van der Waals surface area (Å²) in [6.07, 6.45) is 3.72. The lowest BCUT2D eigenvalue weighted by molar-refractivity contribution is -0.120. The van der Waals surface area contributed by atoms with Crippen LogP contribution in [0.5, 0.6) is 0 Å². The molecule has 0 aliphatic heterocycles. The zero-order valence-electron chi connectivity index (χ0n) is 11.5. The minimum Gasteiger partial charge on any atom is -0.328 e. The minimum atomic E-state index is 0.112. The van der Waals surface area contributed by atoms with Crippen molar-refractivity contribution < 1.29 is 4.79 Å². The molecule has 0 radical (unpaired) electrons. The molecule has 1 amide bonds. The van der Waals surface area contributed by atoms with Crippen LogP contribution in [0.25, 0.3) is 10.8 Å². The van der Waals surface area contributed by atoms with Crippen LogP contribution in [0.4, 0.5) is 5.69 Å². The first-order valence-electron chi connectivity index (χ1n) is 7.27. The van der Waals surface area contributed by atoms with E-state index in [1.807, 2.05) is 30.3 Å². The topological polar surface area (TPSA) is 55.1 Å². The Bertz CT molecular complexity index is 615. The third-order valence-electron chi connectivity index (χ3n) is 4.16. The van der Waals surface area contributed by atoms with Crippen LogP contribution in [0.2, 0.25) is 0 Å². The summed E-state index contributed by atoms with van der Waals surface area (Å²) >= 11 is 0. The molecule has 0 heterocycles. The molecule has 0 aromatic heterocycles. The minimum absolute atomic E-state index is 0.112. The summed E-state index contributed by atoms with van der Waals surface area (Å²) in [4.78, 5) is 12.3. The molecule has 0 spiro atoms. The van der Waals surface area contributed by atoms with Crippen molar-refractivity contribution in [2.24, 2.45) is 11.7 Å². The molecule has 0 bridgehead atoms. The zero-order valence-corrected chi connectivity index (χ0v) is 11.5. The summed E-state index contributed by atoms with van der Waals surface area (Å²) in [5, 5.41) is 5.38. The number of carbonyl (C=O) groups excluding carboxylic acids is 1. The van der Waals surface area contributed by atoms with Gasteiger partial charge in [0.25, 0.3) is 0 Å². The van der Waals surface area contributed by atoms with E-state index in [9.17, 15) is 4.79 Å². The third-order valence-corrected chi connectivity index (χ3v) is 4.16. The van der Waals surface area contributed by atoms with Crippen molar-refractivity contribution in [1.82, 2.24) is 0 Å². The van der Waals surface area contributed by atoms with Crippen LogP contribution < -0.4 is 11.1 Å². The predicted molar refractivity (Wildman–Crippen MR) is 82.5 cm³/mol. The molecule has 3 N–H and O–H groups in total. The Hall–Kier alpha value is -1.87. The maximum Gasteiger partial charge on any atom is 0.227 e. The Morgan fingerprint density at radius 3 is 2.45 bits per heavy atom. The van der Waals surface area contributed by atoms with E-state index in [0.29, 0.717) is 0 Å². The number of anilines is 1. The van der Waals surface area contributed by atoms with Gasteiger partial charge in [-0.25, -0.2) is 0 Å². The first-order chi connectivity index (χ1) is 9.72. The summed E-state index contributed by atoms with van der Waals surface area (Å²) in [6.45, 7) is 0. The summed E-state index contributed by atoms with van der Waals surface area (Å²) in [5.41, 5.74) is 6.76. The van der Waals surface area contributed by atoms with Gasteiger partial charge >= 0.3 is 0 Å². The first-order valence-corrected chi connectivity index (χ1v) is 7.27. The Balaban J connectivity index is 1.71. The molecule has 3 rings (SSSR count). The second-order valence-corrected chi connectivity index (χ2v) is 5.66. The molecular formula is C17H20N2O. The van der Waals surface area contributed by atoms with Gasteiger partial charge in [0.15, 0.2) is 0 Å². The number of fused-ring (bicyclic) bond motifs is 1. The average Bonchev–Trinajstić information content (AvgIpc) is 2.48. The standard InChI is InChI=1S/C17H20N2O/c18-15-8-5-13(6-9-15)17(20)19-16-10-7-12-3-1-2-4-14(12)11-16/h1-4,7,10-11,13,15H,5-6,8-9,18H2,(H,19,20). The first kappa shape index (κ1) is 13.1. The van der Waals surface area contributed by atoms with Gasteiger partial charge in [0.05, 0.1) is 0 Å². The second-order valence-electron chi connectivity index (χ2n) is 5.66. The van der Waals surface area contributed by atoms with Crippen LogP contribution >= 0.6 is 0 Å². The fraction of sp³-hybridized carbons (Fsp3) is 0.353. The van der Waals surface area contributed by atoms with Crippen molar-refractivity contribution >= 4 is 22.4 Å².